The number of likely N-dealkylation sites (N-methyl/N-ethyl adjacent to an activating group) is 1. The van der Waals surface area contributed by atoms with Gasteiger partial charge in [0.25, 0.3) is 0 Å². The van der Waals surface area contributed by atoms with Gasteiger partial charge in [0.1, 0.15) is 6.10 Å². The van der Waals surface area contributed by atoms with Crippen molar-refractivity contribution in [1.29, 1.82) is 0 Å². The first-order chi connectivity index (χ1) is 15.3. The number of carbonyl (C=O) groups excluding carboxylic acids is 2. The summed E-state index contributed by atoms with van der Waals surface area (Å²) >= 11 is 0. The molecule has 4 rings (SSSR count). The third kappa shape index (κ3) is 3.44. The topological polar surface area (TPSA) is 83.5 Å². The minimum atomic E-state index is -0.485. The van der Waals surface area contributed by atoms with E-state index in [1.165, 1.54) is 21.0 Å². The molecule has 0 amide bonds. The van der Waals surface area contributed by atoms with Gasteiger partial charge >= 0.3 is 11.9 Å². The Morgan fingerprint density at radius 1 is 0.938 bits per heavy atom. The molecule has 32 heavy (non-hydrogen) atoms. The van der Waals surface area contributed by atoms with Crippen LogP contribution in [0.25, 0.3) is 11.1 Å². The number of carbonyl (C=O) groups is 2. The molecule has 8 heteroatoms. The molecule has 2 aromatic carbocycles. The van der Waals surface area contributed by atoms with Gasteiger partial charge < -0.3 is 23.7 Å². The smallest absolute Gasteiger partial charge is 0.308 e. The van der Waals surface area contributed by atoms with Crippen LogP contribution in [0, 0.1) is 0 Å². The van der Waals surface area contributed by atoms with Gasteiger partial charge in [0.05, 0.1) is 21.3 Å². The molecule has 0 spiro atoms. The summed E-state index contributed by atoms with van der Waals surface area (Å²) < 4.78 is 28.3. The lowest BCUT2D eigenvalue weighted by Crippen LogP contribution is -2.39. The zero-order chi connectivity index (χ0) is 23.2. The Bertz CT molecular complexity index is 1090. The number of benzene rings is 2. The van der Waals surface area contributed by atoms with Crippen LogP contribution in [0.15, 0.2) is 18.2 Å². The minimum absolute atomic E-state index is 0.00220. The fraction of sp³-hybridized carbons (Fsp3) is 0.417. The molecule has 8 nitrogen and oxygen atoms in total. The predicted molar refractivity (Wildman–Crippen MR) is 116 cm³/mol. The van der Waals surface area contributed by atoms with Gasteiger partial charge in [-0.05, 0) is 36.7 Å². The van der Waals surface area contributed by atoms with Crippen molar-refractivity contribution in [2.45, 2.75) is 32.4 Å². The van der Waals surface area contributed by atoms with E-state index in [9.17, 15) is 9.59 Å². The van der Waals surface area contributed by atoms with Crippen molar-refractivity contribution in [2.75, 3.05) is 34.9 Å². The summed E-state index contributed by atoms with van der Waals surface area (Å²) in [6, 6.07) is 5.68. The number of rotatable bonds is 5. The summed E-state index contributed by atoms with van der Waals surface area (Å²) in [5.74, 6) is 0.973. The molecule has 2 aliphatic rings. The SMILES string of the molecule is COc1ccc2c(c1OC)-c1c(OC(C)=O)c(OC)cc3c1[C@H](C2)N(C)C[C@@H]3OC(C)=O. The standard InChI is InChI=1S/C24H27NO7/c1-12(26)31-19-11-25(3)16-9-14-7-8-17(28-4)23(30-6)20(14)22-21(16)15(19)10-18(29-5)24(22)32-13(2)27/h7-8,10,16,19H,9,11H2,1-6H3/t16-,19-/m0/s1. The first kappa shape index (κ1) is 22.0. The molecule has 0 unspecified atom stereocenters. The molecule has 0 aromatic heterocycles. The quantitative estimate of drug-likeness (QED) is 0.515. The van der Waals surface area contributed by atoms with Crippen LogP contribution in [-0.4, -0.2) is 51.8 Å². The lowest BCUT2D eigenvalue weighted by atomic mass is 9.75. The van der Waals surface area contributed by atoms with E-state index in [1.54, 1.807) is 14.2 Å². The fourth-order valence-corrected chi connectivity index (χ4v) is 4.83. The van der Waals surface area contributed by atoms with Gasteiger partial charge in [-0.2, -0.15) is 0 Å². The average molecular weight is 441 g/mol. The maximum atomic E-state index is 12.1. The first-order valence-electron chi connectivity index (χ1n) is 10.4. The number of nitrogens with zero attached hydrogens (tertiary/aromatic N) is 1. The highest BCUT2D eigenvalue weighted by atomic mass is 16.6. The van der Waals surface area contributed by atoms with Crippen LogP contribution in [-0.2, 0) is 20.7 Å². The summed E-state index contributed by atoms with van der Waals surface area (Å²) in [5.41, 5.74) is 4.28. The highest BCUT2D eigenvalue weighted by Gasteiger charge is 2.42. The maximum Gasteiger partial charge on any atom is 0.308 e. The van der Waals surface area contributed by atoms with Crippen molar-refractivity contribution in [3.05, 3.63) is 34.9 Å². The Morgan fingerprint density at radius 2 is 1.66 bits per heavy atom. The zero-order valence-corrected chi connectivity index (χ0v) is 19.1. The summed E-state index contributed by atoms with van der Waals surface area (Å²) in [5, 5.41) is 0. The summed E-state index contributed by atoms with van der Waals surface area (Å²) in [7, 11) is 6.67. The average Bonchev–Trinajstić information content (AvgIpc) is 2.75. The number of hydrogen-bond donors (Lipinski definition) is 0. The number of methoxy groups -OCH3 is 3. The molecule has 170 valence electrons. The van der Waals surface area contributed by atoms with Crippen LogP contribution in [0.4, 0.5) is 0 Å². The molecular formula is C24H27NO7. The van der Waals surface area contributed by atoms with E-state index < -0.39 is 12.1 Å². The second kappa shape index (κ2) is 8.35. The van der Waals surface area contributed by atoms with Gasteiger partial charge in [-0.3, -0.25) is 14.5 Å². The Labute approximate surface area is 187 Å². The van der Waals surface area contributed by atoms with E-state index >= 15 is 0 Å². The molecule has 0 saturated carbocycles. The lowest BCUT2D eigenvalue weighted by molar-refractivity contribution is -0.148. The third-order valence-corrected chi connectivity index (χ3v) is 6.05. The monoisotopic (exact) mass is 441 g/mol. The Morgan fingerprint density at radius 3 is 2.25 bits per heavy atom. The van der Waals surface area contributed by atoms with Crippen LogP contribution < -0.4 is 18.9 Å². The van der Waals surface area contributed by atoms with E-state index in [-0.39, 0.29) is 12.0 Å². The summed E-state index contributed by atoms with van der Waals surface area (Å²) in [6.45, 7) is 3.28. The van der Waals surface area contributed by atoms with E-state index in [4.69, 9.17) is 23.7 Å². The van der Waals surface area contributed by atoms with E-state index in [2.05, 4.69) is 4.90 Å². The number of esters is 2. The normalized spacial score (nSPS) is 18.8. The highest BCUT2D eigenvalue weighted by molar-refractivity contribution is 5.90. The zero-order valence-electron chi connectivity index (χ0n) is 19.1. The van der Waals surface area contributed by atoms with Gasteiger partial charge in [-0.25, -0.2) is 0 Å². The number of hydrogen-bond acceptors (Lipinski definition) is 8. The number of fused-ring (bicyclic) bond motifs is 2. The minimum Gasteiger partial charge on any atom is -0.493 e. The molecule has 0 radical (unpaired) electrons. The molecule has 1 aliphatic heterocycles. The fourth-order valence-electron chi connectivity index (χ4n) is 4.83. The Hall–Kier alpha value is -3.26. The predicted octanol–water partition coefficient (Wildman–Crippen LogP) is 3.45. The molecule has 0 bridgehead atoms. The molecule has 1 aliphatic carbocycles. The van der Waals surface area contributed by atoms with Gasteiger partial charge in [-0.15, -0.1) is 0 Å². The van der Waals surface area contributed by atoms with E-state index in [1.807, 2.05) is 25.2 Å². The van der Waals surface area contributed by atoms with Crippen LogP contribution >= 0.6 is 0 Å². The molecular weight excluding hydrogens is 414 g/mol. The summed E-state index contributed by atoms with van der Waals surface area (Å²) in [6.07, 6.45) is 0.228. The van der Waals surface area contributed by atoms with E-state index in [0.29, 0.717) is 41.5 Å². The highest BCUT2D eigenvalue weighted by Crippen LogP contribution is 2.57. The Balaban J connectivity index is 2.12. The molecule has 0 fully saturated rings. The molecule has 0 N–H and O–H groups in total. The van der Waals surface area contributed by atoms with Crippen molar-refractivity contribution >= 4 is 11.9 Å². The van der Waals surface area contributed by atoms with Crippen molar-refractivity contribution < 1.29 is 33.3 Å². The second-order valence-corrected chi connectivity index (χ2v) is 7.97. The largest absolute Gasteiger partial charge is 0.493 e. The maximum absolute atomic E-state index is 12.1. The molecule has 0 saturated heterocycles. The van der Waals surface area contributed by atoms with Gasteiger partial charge in [0, 0.05) is 43.1 Å². The van der Waals surface area contributed by atoms with Crippen molar-refractivity contribution in [1.82, 2.24) is 4.90 Å². The van der Waals surface area contributed by atoms with Crippen molar-refractivity contribution in [3.8, 4) is 34.1 Å². The molecule has 2 atom stereocenters. The summed E-state index contributed by atoms with van der Waals surface area (Å²) in [4.78, 5) is 26.1. The van der Waals surface area contributed by atoms with Crippen molar-refractivity contribution in [3.63, 3.8) is 0 Å². The second-order valence-electron chi connectivity index (χ2n) is 7.97. The van der Waals surface area contributed by atoms with Crippen LogP contribution in [0.1, 0.15) is 42.7 Å². The van der Waals surface area contributed by atoms with Crippen molar-refractivity contribution in [2.24, 2.45) is 0 Å². The molecule has 2 aromatic rings. The first-order valence-corrected chi connectivity index (χ1v) is 10.4. The van der Waals surface area contributed by atoms with Crippen LogP contribution in [0.3, 0.4) is 0 Å². The van der Waals surface area contributed by atoms with Crippen LogP contribution in [0.2, 0.25) is 0 Å². The van der Waals surface area contributed by atoms with Crippen LogP contribution in [0.5, 0.6) is 23.0 Å². The number of ether oxygens (including phenoxy) is 5. The van der Waals surface area contributed by atoms with Gasteiger partial charge in [-0.1, -0.05) is 6.07 Å². The lowest BCUT2D eigenvalue weighted by Gasteiger charge is -2.43. The van der Waals surface area contributed by atoms with Gasteiger partial charge in [0.15, 0.2) is 23.0 Å². The third-order valence-electron chi connectivity index (χ3n) is 6.05. The molecule has 1 heterocycles. The van der Waals surface area contributed by atoms with E-state index in [0.717, 1.165) is 22.3 Å². The Kier molecular flexibility index (Phi) is 5.73. The van der Waals surface area contributed by atoms with Gasteiger partial charge in [0.2, 0.25) is 0 Å².